The first kappa shape index (κ1) is 8.99. The van der Waals surface area contributed by atoms with Crippen LogP contribution in [0.3, 0.4) is 0 Å². The van der Waals surface area contributed by atoms with Crippen LogP contribution >= 0.6 is 11.3 Å². The monoisotopic (exact) mass is 222 g/mol. The Hall–Kier alpha value is -1.27. The fourth-order valence-electron chi connectivity index (χ4n) is 1.50. The van der Waals surface area contributed by atoms with Crippen molar-refractivity contribution >= 4 is 11.3 Å². The maximum atomic E-state index is 5.18. The zero-order valence-electron chi connectivity index (χ0n) is 8.01. The van der Waals surface area contributed by atoms with Gasteiger partial charge in [0.05, 0.1) is 10.4 Å². The number of aromatic nitrogens is 3. The van der Waals surface area contributed by atoms with Crippen LogP contribution in [0.4, 0.5) is 0 Å². The Kier molecular flexibility index (Phi) is 2.22. The van der Waals surface area contributed by atoms with Gasteiger partial charge in [0.2, 0.25) is 11.7 Å². The second kappa shape index (κ2) is 3.71. The van der Waals surface area contributed by atoms with Gasteiger partial charge in [-0.05, 0) is 19.0 Å². The highest BCUT2D eigenvalue weighted by Crippen LogP contribution is 2.20. The SMILES string of the molecule is c1ncc(-c2noc(CC3CNC3)n2)s1. The molecule has 0 amide bonds. The molecular weight excluding hydrogens is 212 g/mol. The Bertz CT molecular complexity index is 435. The predicted molar refractivity (Wildman–Crippen MR) is 55.5 cm³/mol. The van der Waals surface area contributed by atoms with Gasteiger partial charge < -0.3 is 9.84 Å². The van der Waals surface area contributed by atoms with Crippen LogP contribution in [-0.4, -0.2) is 28.2 Å². The molecule has 0 unspecified atom stereocenters. The molecule has 0 atom stereocenters. The van der Waals surface area contributed by atoms with E-state index in [1.807, 2.05) is 0 Å². The van der Waals surface area contributed by atoms with E-state index >= 15 is 0 Å². The zero-order chi connectivity index (χ0) is 10.1. The Morgan fingerprint density at radius 2 is 2.47 bits per heavy atom. The van der Waals surface area contributed by atoms with Crippen molar-refractivity contribution in [1.82, 2.24) is 20.4 Å². The van der Waals surface area contributed by atoms with Crippen molar-refractivity contribution in [2.75, 3.05) is 13.1 Å². The van der Waals surface area contributed by atoms with Gasteiger partial charge in [-0.3, -0.25) is 4.98 Å². The van der Waals surface area contributed by atoms with Gasteiger partial charge in [0.1, 0.15) is 0 Å². The van der Waals surface area contributed by atoms with Crippen LogP contribution in [0.5, 0.6) is 0 Å². The third-order valence-electron chi connectivity index (χ3n) is 2.45. The summed E-state index contributed by atoms with van der Waals surface area (Å²) in [5.74, 6) is 2.03. The number of hydrogen-bond acceptors (Lipinski definition) is 6. The van der Waals surface area contributed by atoms with E-state index in [0.717, 1.165) is 30.3 Å². The third-order valence-corrected chi connectivity index (χ3v) is 3.22. The highest BCUT2D eigenvalue weighted by Gasteiger charge is 2.20. The first-order valence-corrected chi connectivity index (χ1v) is 5.72. The molecule has 0 aliphatic carbocycles. The van der Waals surface area contributed by atoms with Crippen molar-refractivity contribution in [2.45, 2.75) is 6.42 Å². The minimum atomic E-state index is 0.653. The Morgan fingerprint density at radius 1 is 1.53 bits per heavy atom. The fraction of sp³-hybridized carbons (Fsp3) is 0.444. The van der Waals surface area contributed by atoms with E-state index in [1.165, 1.54) is 11.3 Å². The molecule has 1 N–H and O–H groups in total. The summed E-state index contributed by atoms with van der Waals surface area (Å²) in [6.07, 6.45) is 2.63. The normalized spacial score (nSPS) is 16.5. The second-order valence-corrected chi connectivity index (χ2v) is 4.49. The summed E-state index contributed by atoms with van der Waals surface area (Å²) in [6, 6.07) is 0. The number of thiazole rings is 1. The topological polar surface area (TPSA) is 63.8 Å². The zero-order valence-corrected chi connectivity index (χ0v) is 8.83. The molecule has 0 aromatic carbocycles. The molecule has 0 spiro atoms. The predicted octanol–water partition coefficient (Wildman–Crippen LogP) is 0.955. The number of hydrogen-bond donors (Lipinski definition) is 1. The van der Waals surface area contributed by atoms with Crippen LogP contribution in [0.2, 0.25) is 0 Å². The Balaban J connectivity index is 1.75. The molecule has 3 rings (SSSR count). The average molecular weight is 222 g/mol. The van der Waals surface area contributed by atoms with Crippen molar-refractivity contribution in [3.8, 4) is 10.7 Å². The van der Waals surface area contributed by atoms with Gasteiger partial charge >= 0.3 is 0 Å². The Labute approximate surface area is 90.5 Å². The molecule has 1 aliphatic heterocycles. The summed E-state index contributed by atoms with van der Waals surface area (Å²) in [5.41, 5.74) is 1.77. The molecule has 1 aliphatic rings. The molecule has 1 saturated heterocycles. The van der Waals surface area contributed by atoms with Crippen LogP contribution < -0.4 is 5.32 Å². The lowest BCUT2D eigenvalue weighted by Crippen LogP contribution is -2.43. The number of rotatable bonds is 3. The first-order chi connectivity index (χ1) is 7.42. The highest BCUT2D eigenvalue weighted by molar-refractivity contribution is 7.13. The number of nitrogens with zero attached hydrogens (tertiary/aromatic N) is 3. The van der Waals surface area contributed by atoms with Gasteiger partial charge in [0.25, 0.3) is 0 Å². The minimum Gasteiger partial charge on any atom is -0.339 e. The molecule has 5 nitrogen and oxygen atoms in total. The van der Waals surface area contributed by atoms with Gasteiger partial charge in [-0.25, -0.2) is 0 Å². The van der Waals surface area contributed by atoms with Crippen molar-refractivity contribution < 1.29 is 4.52 Å². The largest absolute Gasteiger partial charge is 0.339 e. The molecule has 0 bridgehead atoms. The molecular formula is C9H10N4OS. The van der Waals surface area contributed by atoms with Crippen molar-refractivity contribution in [2.24, 2.45) is 5.92 Å². The van der Waals surface area contributed by atoms with Gasteiger partial charge in [-0.2, -0.15) is 4.98 Å². The summed E-state index contributed by atoms with van der Waals surface area (Å²) < 4.78 is 5.18. The standard InChI is InChI=1S/C9H10N4OS/c1(6-2-10-3-6)8-12-9(13-14-8)7-4-11-5-15-7/h4-6,10H,1-3H2. The smallest absolute Gasteiger partial charge is 0.227 e. The van der Waals surface area contributed by atoms with E-state index in [1.54, 1.807) is 11.7 Å². The quantitative estimate of drug-likeness (QED) is 0.837. The van der Waals surface area contributed by atoms with Crippen molar-refractivity contribution in [3.63, 3.8) is 0 Å². The average Bonchev–Trinajstić information content (AvgIpc) is 2.82. The molecule has 3 heterocycles. The minimum absolute atomic E-state index is 0.653. The first-order valence-electron chi connectivity index (χ1n) is 4.84. The van der Waals surface area contributed by atoms with Gasteiger partial charge in [-0.1, -0.05) is 5.16 Å². The van der Waals surface area contributed by atoms with E-state index in [2.05, 4.69) is 20.4 Å². The van der Waals surface area contributed by atoms with Crippen molar-refractivity contribution in [3.05, 3.63) is 17.6 Å². The van der Waals surface area contributed by atoms with Gasteiger partial charge in [0, 0.05) is 12.6 Å². The Morgan fingerprint density at radius 3 is 3.13 bits per heavy atom. The molecule has 2 aromatic rings. The van der Waals surface area contributed by atoms with Gasteiger partial charge in [-0.15, -0.1) is 11.3 Å². The molecule has 1 fully saturated rings. The van der Waals surface area contributed by atoms with Crippen LogP contribution in [0.25, 0.3) is 10.7 Å². The molecule has 6 heteroatoms. The van der Waals surface area contributed by atoms with E-state index in [4.69, 9.17) is 4.52 Å². The second-order valence-electron chi connectivity index (χ2n) is 3.61. The van der Waals surface area contributed by atoms with E-state index in [0.29, 0.717) is 11.7 Å². The fourth-order valence-corrected chi connectivity index (χ4v) is 2.05. The van der Waals surface area contributed by atoms with Crippen molar-refractivity contribution in [1.29, 1.82) is 0 Å². The van der Waals surface area contributed by atoms with Gasteiger partial charge in [0.15, 0.2) is 0 Å². The van der Waals surface area contributed by atoms with E-state index in [9.17, 15) is 0 Å². The lowest BCUT2D eigenvalue weighted by atomic mass is 10.00. The van der Waals surface area contributed by atoms with Crippen LogP contribution in [-0.2, 0) is 6.42 Å². The summed E-state index contributed by atoms with van der Waals surface area (Å²) >= 11 is 1.52. The van der Waals surface area contributed by atoms with E-state index < -0.39 is 0 Å². The summed E-state index contributed by atoms with van der Waals surface area (Å²) in [4.78, 5) is 9.28. The molecule has 2 aromatic heterocycles. The lowest BCUT2D eigenvalue weighted by Gasteiger charge is -2.25. The molecule has 78 valence electrons. The number of nitrogens with one attached hydrogen (secondary N) is 1. The van der Waals surface area contributed by atoms with Crippen LogP contribution in [0, 0.1) is 5.92 Å². The van der Waals surface area contributed by atoms with E-state index in [-0.39, 0.29) is 0 Å². The summed E-state index contributed by atoms with van der Waals surface area (Å²) in [6.45, 7) is 2.11. The molecule has 0 saturated carbocycles. The summed E-state index contributed by atoms with van der Waals surface area (Å²) in [7, 11) is 0. The maximum absolute atomic E-state index is 5.18. The van der Waals surface area contributed by atoms with Crippen LogP contribution in [0.15, 0.2) is 16.2 Å². The molecule has 0 radical (unpaired) electrons. The lowest BCUT2D eigenvalue weighted by molar-refractivity contribution is 0.296. The maximum Gasteiger partial charge on any atom is 0.227 e. The van der Waals surface area contributed by atoms with Crippen LogP contribution in [0.1, 0.15) is 5.89 Å². The highest BCUT2D eigenvalue weighted by atomic mass is 32.1. The third kappa shape index (κ3) is 1.78. The molecule has 15 heavy (non-hydrogen) atoms. The summed E-state index contributed by atoms with van der Waals surface area (Å²) in [5, 5.41) is 7.15.